The molecule has 0 amide bonds. The fraction of sp³-hybridized carbons (Fsp3) is 0.520. The number of nitriles is 1. The lowest BCUT2D eigenvalue weighted by Gasteiger charge is -2.35. The van der Waals surface area contributed by atoms with E-state index >= 15 is 0 Å². The Balaban J connectivity index is 1.67. The summed E-state index contributed by atoms with van der Waals surface area (Å²) in [6.07, 6.45) is 2.36. The van der Waals surface area contributed by atoms with Crippen LogP contribution in [-0.2, 0) is 24.2 Å². The highest BCUT2D eigenvalue weighted by Gasteiger charge is 2.33. The molecule has 1 aromatic carbocycles. The van der Waals surface area contributed by atoms with Gasteiger partial charge < -0.3 is 14.5 Å². The van der Waals surface area contributed by atoms with Crippen LogP contribution in [0, 0.1) is 17.1 Å². The van der Waals surface area contributed by atoms with Gasteiger partial charge >= 0.3 is 0 Å². The predicted octanol–water partition coefficient (Wildman–Crippen LogP) is 4.42. The Morgan fingerprint density at radius 3 is 2.78 bits per heavy atom. The number of nitrogens with zero attached hydrogens (tertiary/aromatic N) is 4. The zero-order valence-corrected chi connectivity index (χ0v) is 20.0. The SMILES string of the molecule is CN1CCCN(c2nc(SCCc3ccccc3F)c(C#N)c3c2COC(C)(C)C3)CC1. The van der Waals surface area contributed by atoms with Crippen molar-refractivity contribution in [3.63, 3.8) is 0 Å². The van der Waals surface area contributed by atoms with Gasteiger partial charge in [0.2, 0.25) is 0 Å². The largest absolute Gasteiger partial charge is 0.370 e. The summed E-state index contributed by atoms with van der Waals surface area (Å²) in [4.78, 5) is 9.72. The summed E-state index contributed by atoms with van der Waals surface area (Å²) < 4.78 is 20.2. The van der Waals surface area contributed by atoms with Crippen LogP contribution >= 0.6 is 11.8 Å². The number of aromatic nitrogens is 1. The molecule has 170 valence electrons. The highest BCUT2D eigenvalue weighted by atomic mass is 32.2. The van der Waals surface area contributed by atoms with Crippen molar-refractivity contribution in [2.45, 2.75) is 50.3 Å². The summed E-state index contributed by atoms with van der Waals surface area (Å²) in [6.45, 7) is 8.53. The van der Waals surface area contributed by atoms with E-state index in [4.69, 9.17) is 9.72 Å². The molecule has 1 aromatic heterocycles. The van der Waals surface area contributed by atoms with Crippen molar-refractivity contribution in [1.29, 1.82) is 5.26 Å². The van der Waals surface area contributed by atoms with Crippen molar-refractivity contribution in [2.24, 2.45) is 0 Å². The number of hydrogen-bond donors (Lipinski definition) is 0. The Morgan fingerprint density at radius 2 is 2.00 bits per heavy atom. The molecular formula is C25H31FN4OS. The Bertz CT molecular complexity index is 1020. The van der Waals surface area contributed by atoms with Crippen LogP contribution in [0.1, 0.15) is 42.5 Å². The topological polar surface area (TPSA) is 52.4 Å². The number of ether oxygens (including phenoxy) is 1. The normalized spacial score (nSPS) is 18.7. The quantitative estimate of drug-likeness (QED) is 0.624. The van der Waals surface area contributed by atoms with Crippen molar-refractivity contribution in [3.05, 3.63) is 52.3 Å². The first kappa shape index (κ1) is 23.0. The first-order valence-corrected chi connectivity index (χ1v) is 12.3. The van der Waals surface area contributed by atoms with Gasteiger partial charge in [-0.15, -0.1) is 11.8 Å². The first-order chi connectivity index (χ1) is 15.4. The van der Waals surface area contributed by atoms with E-state index in [1.165, 1.54) is 6.07 Å². The summed E-state index contributed by atoms with van der Waals surface area (Å²) in [5.41, 5.74) is 3.17. The lowest BCUT2D eigenvalue weighted by Crippen LogP contribution is -2.36. The molecule has 2 aliphatic rings. The lowest BCUT2D eigenvalue weighted by atomic mass is 9.89. The highest BCUT2D eigenvalue weighted by molar-refractivity contribution is 7.99. The number of benzene rings is 1. The van der Waals surface area contributed by atoms with Gasteiger partial charge in [0.1, 0.15) is 22.7 Å². The second-order valence-electron chi connectivity index (χ2n) is 9.24. The van der Waals surface area contributed by atoms with E-state index < -0.39 is 0 Å². The van der Waals surface area contributed by atoms with Crippen molar-refractivity contribution in [3.8, 4) is 6.07 Å². The Kier molecular flexibility index (Phi) is 7.04. The van der Waals surface area contributed by atoms with Crippen molar-refractivity contribution in [2.75, 3.05) is 43.9 Å². The summed E-state index contributed by atoms with van der Waals surface area (Å²) in [5, 5.41) is 10.8. The second-order valence-corrected chi connectivity index (χ2v) is 10.3. The standard InChI is InChI=1S/C25H31FN4OS/c1-25(2)15-19-20(16-27)24(32-14-9-18-7-4-5-8-22(18)26)28-23(21(19)17-31-25)30-11-6-10-29(3)12-13-30/h4-5,7-8H,6,9-15,17H2,1-3H3. The molecule has 32 heavy (non-hydrogen) atoms. The van der Waals surface area contributed by atoms with E-state index in [1.54, 1.807) is 17.8 Å². The predicted molar refractivity (Wildman–Crippen MR) is 127 cm³/mol. The molecule has 0 spiro atoms. The number of aryl methyl sites for hydroxylation is 1. The average molecular weight is 455 g/mol. The van der Waals surface area contributed by atoms with E-state index in [0.717, 1.165) is 54.6 Å². The molecule has 1 fully saturated rings. The van der Waals surface area contributed by atoms with Gasteiger partial charge in [-0.3, -0.25) is 0 Å². The van der Waals surface area contributed by atoms with Gasteiger partial charge in [-0.25, -0.2) is 9.37 Å². The molecule has 2 aromatic rings. The third-order valence-corrected chi connectivity index (χ3v) is 7.24. The lowest BCUT2D eigenvalue weighted by molar-refractivity contribution is -0.0402. The minimum atomic E-state index is -0.314. The second kappa shape index (κ2) is 9.78. The van der Waals surface area contributed by atoms with Crippen molar-refractivity contribution >= 4 is 17.6 Å². The minimum Gasteiger partial charge on any atom is -0.370 e. The molecule has 5 nitrogen and oxygen atoms in total. The Morgan fingerprint density at radius 1 is 1.19 bits per heavy atom. The summed E-state index contributed by atoms with van der Waals surface area (Å²) >= 11 is 1.55. The molecule has 1 saturated heterocycles. The number of hydrogen-bond acceptors (Lipinski definition) is 6. The number of halogens is 1. The van der Waals surface area contributed by atoms with E-state index in [2.05, 4.69) is 36.8 Å². The molecule has 0 saturated carbocycles. The average Bonchev–Trinajstić information content (AvgIpc) is 2.98. The maximum absolute atomic E-state index is 14.0. The van der Waals surface area contributed by atoms with Crippen molar-refractivity contribution < 1.29 is 9.13 Å². The van der Waals surface area contributed by atoms with Crippen LogP contribution in [0.25, 0.3) is 0 Å². The van der Waals surface area contributed by atoms with E-state index in [0.29, 0.717) is 36.3 Å². The molecule has 0 N–H and O–H groups in total. The molecule has 4 rings (SSSR count). The van der Waals surface area contributed by atoms with Crippen LogP contribution < -0.4 is 4.90 Å². The Hall–Kier alpha value is -2.14. The van der Waals surface area contributed by atoms with Gasteiger partial charge in [0.05, 0.1) is 17.8 Å². The maximum Gasteiger partial charge on any atom is 0.135 e. The summed E-state index contributed by atoms with van der Waals surface area (Å²) in [6, 6.07) is 9.31. The van der Waals surface area contributed by atoms with Gasteiger partial charge in [-0.1, -0.05) is 18.2 Å². The third kappa shape index (κ3) is 5.09. The van der Waals surface area contributed by atoms with Crippen molar-refractivity contribution in [1.82, 2.24) is 9.88 Å². The smallest absolute Gasteiger partial charge is 0.135 e. The van der Waals surface area contributed by atoms with E-state index in [1.807, 2.05) is 12.1 Å². The number of thioether (sulfide) groups is 1. The third-order valence-electron chi connectivity index (χ3n) is 6.27. The maximum atomic E-state index is 14.0. The number of likely N-dealkylation sites (N-methyl/N-ethyl adjacent to an activating group) is 1. The van der Waals surface area contributed by atoms with Gasteiger partial charge in [-0.2, -0.15) is 5.26 Å². The van der Waals surface area contributed by atoms with Crippen LogP contribution in [-0.4, -0.2) is 54.5 Å². The molecule has 0 bridgehead atoms. The number of fused-ring (bicyclic) bond motifs is 1. The van der Waals surface area contributed by atoms with Crippen LogP contribution in [0.2, 0.25) is 0 Å². The van der Waals surface area contributed by atoms with Gasteiger partial charge in [-0.05, 0) is 57.5 Å². The molecule has 0 unspecified atom stereocenters. The summed E-state index contributed by atoms with van der Waals surface area (Å²) in [7, 11) is 2.15. The minimum absolute atomic E-state index is 0.180. The molecule has 0 radical (unpaired) electrons. The monoisotopic (exact) mass is 454 g/mol. The zero-order valence-electron chi connectivity index (χ0n) is 19.2. The molecule has 0 aliphatic carbocycles. The van der Waals surface area contributed by atoms with Crippen LogP contribution in [0.5, 0.6) is 0 Å². The van der Waals surface area contributed by atoms with Gasteiger partial charge in [0.25, 0.3) is 0 Å². The number of pyridine rings is 1. The molecule has 7 heteroatoms. The van der Waals surface area contributed by atoms with Gasteiger partial charge in [0, 0.05) is 37.4 Å². The van der Waals surface area contributed by atoms with Crippen LogP contribution in [0.15, 0.2) is 29.3 Å². The highest BCUT2D eigenvalue weighted by Crippen LogP contribution is 2.39. The number of anilines is 1. The van der Waals surface area contributed by atoms with E-state index in [-0.39, 0.29) is 11.4 Å². The molecule has 3 heterocycles. The molecule has 0 atom stereocenters. The zero-order chi connectivity index (χ0) is 22.7. The van der Waals surface area contributed by atoms with E-state index in [9.17, 15) is 9.65 Å². The number of rotatable bonds is 5. The summed E-state index contributed by atoms with van der Waals surface area (Å²) in [5.74, 6) is 1.45. The molecule has 2 aliphatic heterocycles. The first-order valence-electron chi connectivity index (χ1n) is 11.3. The fourth-order valence-corrected chi connectivity index (χ4v) is 5.40. The van der Waals surface area contributed by atoms with Gasteiger partial charge in [0.15, 0.2) is 0 Å². The fourth-order valence-electron chi connectivity index (χ4n) is 4.42. The van der Waals surface area contributed by atoms with Crippen LogP contribution in [0.4, 0.5) is 10.2 Å². The van der Waals surface area contributed by atoms with Crippen LogP contribution in [0.3, 0.4) is 0 Å². The molecular weight excluding hydrogens is 423 g/mol. The Labute approximate surface area is 194 Å².